The molecule has 0 aliphatic rings. The molecule has 3 aromatic heterocycles. The van der Waals surface area contributed by atoms with Crippen molar-refractivity contribution in [2.45, 2.75) is 10.9 Å². The molecule has 5 nitrogen and oxygen atoms in total. The molecule has 0 amide bonds. The van der Waals surface area contributed by atoms with Gasteiger partial charge >= 0.3 is 0 Å². The van der Waals surface area contributed by atoms with E-state index in [0.29, 0.717) is 0 Å². The zero-order valence-corrected chi connectivity index (χ0v) is 15.2. The molecule has 7 heteroatoms. The molecular weight excluding hydrogens is 350 g/mol. The van der Waals surface area contributed by atoms with Gasteiger partial charge < -0.3 is 4.57 Å². The van der Waals surface area contributed by atoms with E-state index in [-0.39, 0.29) is 0 Å². The Morgan fingerprint density at radius 1 is 1.04 bits per heavy atom. The summed E-state index contributed by atoms with van der Waals surface area (Å²) in [6.07, 6.45) is 3.55. The number of thiazole rings is 1. The second kappa shape index (κ2) is 7.16. The molecule has 4 rings (SSSR count). The van der Waals surface area contributed by atoms with E-state index in [9.17, 15) is 0 Å². The highest BCUT2D eigenvalue weighted by atomic mass is 32.2. The maximum atomic E-state index is 4.72. The molecule has 124 valence electrons. The van der Waals surface area contributed by atoms with Gasteiger partial charge in [-0.15, -0.1) is 21.5 Å². The maximum Gasteiger partial charge on any atom is 0.191 e. The van der Waals surface area contributed by atoms with Gasteiger partial charge in [-0.2, -0.15) is 0 Å². The molecule has 0 atom stereocenters. The summed E-state index contributed by atoms with van der Waals surface area (Å²) < 4.78 is 1.99. The summed E-state index contributed by atoms with van der Waals surface area (Å²) in [5, 5.41) is 12.6. The quantitative estimate of drug-likeness (QED) is 0.494. The summed E-state index contributed by atoms with van der Waals surface area (Å²) in [4.78, 5) is 8.86. The molecule has 0 spiro atoms. The molecule has 0 aliphatic carbocycles. The highest BCUT2D eigenvalue weighted by molar-refractivity contribution is 7.98. The molecule has 0 saturated heterocycles. The highest BCUT2D eigenvalue weighted by Gasteiger charge is 2.12. The summed E-state index contributed by atoms with van der Waals surface area (Å²) >= 11 is 3.31. The van der Waals surface area contributed by atoms with Crippen LogP contribution in [-0.4, -0.2) is 24.7 Å². The van der Waals surface area contributed by atoms with E-state index >= 15 is 0 Å². The molecule has 0 bridgehead atoms. The second-order valence-electron chi connectivity index (χ2n) is 5.41. The zero-order chi connectivity index (χ0) is 17.1. The molecule has 0 radical (unpaired) electrons. The minimum absolute atomic E-state index is 0.766. The first-order valence-corrected chi connectivity index (χ1v) is 9.60. The van der Waals surface area contributed by atoms with Crippen molar-refractivity contribution in [2.24, 2.45) is 7.05 Å². The first-order valence-electron chi connectivity index (χ1n) is 7.73. The number of rotatable bonds is 5. The Hall–Kier alpha value is -2.51. The lowest BCUT2D eigenvalue weighted by atomic mass is 10.2. The lowest BCUT2D eigenvalue weighted by Crippen LogP contribution is -1.95. The van der Waals surface area contributed by atoms with E-state index < -0.39 is 0 Å². The van der Waals surface area contributed by atoms with E-state index in [2.05, 4.69) is 32.7 Å². The minimum Gasteiger partial charge on any atom is -0.305 e. The normalized spacial score (nSPS) is 10.9. The molecule has 1 aromatic carbocycles. The van der Waals surface area contributed by atoms with Gasteiger partial charge in [-0.1, -0.05) is 42.1 Å². The van der Waals surface area contributed by atoms with Gasteiger partial charge in [0.25, 0.3) is 0 Å². The Kier molecular flexibility index (Phi) is 4.58. The number of hydrogen-bond donors (Lipinski definition) is 0. The number of thioether (sulfide) groups is 1. The third-order valence-corrected chi connectivity index (χ3v) is 5.67. The summed E-state index contributed by atoms with van der Waals surface area (Å²) in [6.45, 7) is 0. The summed E-state index contributed by atoms with van der Waals surface area (Å²) in [6, 6.07) is 14.1. The number of benzene rings is 1. The van der Waals surface area contributed by atoms with Gasteiger partial charge in [-0.25, -0.2) is 4.98 Å². The number of hydrogen-bond acceptors (Lipinski definition) is 6. The molecule has 0 saturated carbocycles. The van der Waals surface area contributed by atoms with Gasteiger partial charge in [0.15, 0.2) is 11.0 Å². The Balaban J connectivity index is 1.48. The van der Waals surface area contributed by atoms with Crippen LogP contribution >= 0.6 is 23.1 Å². The van der Waals surface area contributed by atoms with Crippen molar-refractivity contribution in [3.63, 3.8) is 0 Å². The van der Waals surface area contributed by atoms with Crippen LogP contribution in [0.1, 0.15) is 5.69 Å². The van der Waals surface area contributed by atoms with E-state index in [4.69, 9.17) is 4.98 Å². The van der Waals surface area contributed by atoms with Crippen LogP contribution in [0.2, 0.25) is 0 Å². The van der Waals surface area contributed by atoms with Crippen LogP contribution < -0.4 is 0 Å². The monoisotopic (exact) mass is 365 g/mol. The van der Waals surface area contributed by atoms with Gasteiger partial charge in [0, 0.05) is 41.7 Å². The molecule has 0 N–H and O–H groups in total. The Labute approximate surface area is 153 Å². The van der Waals surface area contributed by atoms with E-state index in [0.717, 1.165) is 38.6 Å². The molecule has 4 aromatic rings. The van der Waals surface area contributed by atoms with Crippen molar-refractivity contribution in [3.8, 4) is 22.0 Å². The van der Waals surface area contributed by atoms with Crippen LogP contribution in [0.4, 0.5) is 0 Å². The molecule has 3 heterocycles. The van der Waals surface area contributed by atoms with Crippen LogP contribution in [0.25, 0.3) is 22.0 Å². The van der Waals surface area contributed by atoms with E-state index in [1.54, 1.807) is 35.5 Å². The predicted octanol–water partition coefficient (Wildman–Crippen LogP) is 4.29. The molecule has 0 unspecified atom stereocenters. The standard InChI is InChI=1S/C18H15N5S2/c1-23-16(14-8-5-9-19-10-14)21-22-18(23)25-12-15-11-24-17(20-15)13-6-3-2-4-7-13/h2-11H,12H2,1H3. The van der Waals surface area contributed by atoms with Crippen molar-refractivity contribution in [1.29, 1.82) is 0 Å². The fourth-order valence-electron chi connectivity index (χ4n) is 2.41. The van der Waals surface area contributed by atoms with E-state index in [1.165, 1.54) is 0 Å². The van der Waals surface area contributed by atoms with Crippen molar-refractivity contribution in [3.05, 3.63) is 65.9 Å². The number of aromatic nitrogens is 5. The Morgan fingerprint density at radius 3 is 2.68 bits per heavy atom. The van der Waals surface area contributed by atoms with Crippen molar-refractivity contribution in [1.82, 2.24) is 24.7 Å². The van der Waals surface area contributed by atoms with Crippen molar-refractivity contribution in [2.75, 3.05) is 0 Å². The van der Waals surface area contributed by atoms with Gasteiger partial charge in [0.1, 0.15) is 5.01 Å². The number of pyridine rings is 1. The first kappa shape index (κ1) is 16.0. The van der Waals surface area contributed by atoms with Crippen LogP contribution in [0.5, 0.6) is 0 Å². The summed E-state index contributed by atoms with van der Waals surface area (Å²) in [7, 11) is 1.97. The average Bonchev–Trinajstić information content (AvgIpc) is 3.28. The van der Waals surface area contributed by atoms with Crippen molar-refractivity contribution < 1.29 is 0 Å². The second-order valence-corrected chi connectivity index (χ2v) is 7.21. The molecule has 0 aliphatic heterocycles. The Bertz CT molecular complexity index is 964. The predicted molar refractivity (Wildman–Crippen MR) is 101 cm³/mol. The largest absolute Gasteiger partial charge is 0.305 e. The fourth-order valence-corrected chi connectivity index (χ4v) is 4.15. The maximum absolute atomic E-state index is 4.72. The SMILES string of the molecule is Cn1c(SCc2csc(-c3ccccc3)n2)nnc1-c1cccnc1. The average molecular weight is 365 g/mol. The van der Waals surface area contributed by atoms with Crippen molar-refractivity contribution >= 4 is 23.1 Å². The highest BCUT2D eigenvalue weighted by Crippen LogP contribution is 2.28. The van der Waals surface area contributed by atoms with Crippen LogP contribution in [0, 0.1) is 0 Å². The third-order valence-electron chi connectivity index (χ3n) is 3.68. The first-order chi connectivity index (χ1) is 12.3. The smallest absolute Gasteiger partial charge is 0.191 e. The molecular formula is C18H15N5S2. The van der Waals surface area contributed by atoms with Gasteiger partial charge in [0.2, 0.25) is 0 Å². The zero-order valence-electron chi connectivity index (χ0n) is 13.5. The topological polar surface area (TPSA) is 56.5 Å². The summed E-state index contributed by atoms with van der Waals surface area (Å²) in [5.41, 5.74) is 3.17. The van der Waals surface area contributed by atoms with Gasteiger partial charge in [-0.3, -0.25) is 4.98 Å². The Morgan fingerprint density at radius 2 is 1.88 bits per heavy atom. The van der Waals surface area contributed by atoms with Crippen LogP contribution in [-0.2, 0) is 12.8 Å². The summed E-state index contributed by atoms with van der Waals surface area (Å²) in [5.74, 6) is 1.58. The lowest BCUT2D eigenvalue weighted by Gasteiger charge is -2.02. The molecule has 25 heavy (non-hydrogen) atoms. The van der Waals surface area contributed by atoms with Gasteiger partial charge in [-0.05, 0) is 12.1 Å². The molecule has 0 fully saturated rings. The van der Waals surface area contributed by atoms with Crippen LogP contribution in [0.3, 0.4) is 0 Å². The lowest BCUT2D eigenvalue weighted by molar-refractivity contribution is 0.793. The van der Waals surface area contributed by atoms with Gasteiger partial charge in [0.05, 0.1) is 5.69 Å². The fraction of sp³-hybridized carbons (Fsp3) is 0.111. The number of nitrogens with zero attached hydrogens (tertiary/aromatic N) is 5. The van der Waals surface area contributed by atoms with Crippen LogP contribution in [0.15, 0.2) is 65.4 Å². The third kappa shape index (κ3) is 3.47. The van der Waals surface area contributed by atoms with E-state index in [1.807, 2.05) is 41.9 Å². The minimum atomic E-state index is 0.766.